The van der Waals surface area contributed by atoms with Crippen molar-refractivity contribution in [3.63, 3.8) is 0 Å². The summed E-state index contributed by atoms with van der Waals surface area (Å²) in [6, 6.07) is 25.1. The average Bonchev–Trinajstić information content (AvgIpc) is 3.29. The molecule has 4 aromatic rings. The van der Waals surface area contributed by atoms with E-state index in [4.69, 9.17) is 4.74 Å². The number of fused-ring (bicyclic) bond motifs is 1. The van der Waals surface area contributed by atoms with Crippen molar-refractivity contribution >= 4 is 39.0 Å². The number of carbonyl (C=O) groups is 1. The standard InChI is InChI=1S/C26H21BrN4O2/c1-33-21-13-9-17(10-14-21)23-15-24(18-7-11-19(27)12-8-18)31-25(30-23)22(16-28-31)26(32)29-20-5-3-2-4-6-20/h2-16,24,30H,1H3,(H,29,32)/t24-/m1/s1. The fourth-order valence-corrected chi connectivity index (χ4v) is 4.08. The normalized spacial score (nSPS) is 14.6. The molecule has 1 aromatic heterocycles. The van der Waals surface area contributed by atoms with Gasteiger partial charge in [0.1, 0.15) is 17.1 Å². The molecule has 0 fully saturated rings. The lowest BCUT2D eigenvalue weighted by atomic mass is 10.0. The lowest BCUT2D eigenvalue weighted by Crippen LogP contribution is -2.22. The topological polar surface area (TPSA) is 68.2 Å². The fourth-order valence-electron chi connectivity index (χ4n) is 3.82. The molecule has 2 heterocycles. The van der Waals surface area contributed by atoms with Crippen LogP contribution in [0.5, 0.6) is 5.75 Å². The van der Waals surface area contributed by atoms with Gasteiger partial charge in [0.05, 0.1) is 19.3 Å². The Balaban J connectivity index is 1.55. The lowest BCUT2D eigenvalue weighted by Gasteiger charge is -2.26. The van der Waals surface area contributed by atoms with E-state index >= 15 is 0 Å². The van der Waals surface area contributed by atoms with Crippen molar-refractivity contribution in [2.45, 2.75) is 6.04 Å². The average molecular weight is 501 g/mol. The highest BCUT2D eigenvalue weighted by Gasteiger charge is 2.28. The van der Waals surface area contributed by atoms with E-state index in [0.717, 1.165) is 32.7 Å². The second kappa shape index (κ2) is 8.96. The Labute approximate surface area is 200 Å². The van der Waals surface area contributed by atoms with Crippen molar-refractivity contribution in [1.82, 2.24) is 9.78 Å². The minimum atomic E-state index is -0.222. The molecule has 1 aliphatic rings. The minimum absolute atomic E-state index is 0.176. The van der Waals surface area contributed by atoms with Gasteiger partial charge >= 0.3 is 0 Å². The van der Waals surface area contributed by atoms with Gasteiger partial charge in [0.2, 0.25) is 0 Å². The summed E-state index contributed by atoms with van der Waals surface area (Å²) in [7, 11) is 1.65. The number of amides is 1. The lowest BCUT2D eigenvalue weighted by molar-refractivity contribution is 0.102. The van der Waals surface area contributed by atoms with Crippen LogP contribution in [0, 0.1) is 0 Å². The highest BCUT2D eigenvalue weighted by Crippen LogP contribution is 2.36. The minimum Gasteiger partial charge on any atom is -0.497 e. The van der Waals surface area contributed by atoms with Gasteiger partial charge in [-0.05, 0) is 65.7 Å². The zero-order valence-electron chi connectivity index (χ0n) is 17.8. The first-order valence-electron chi connectivity index (χ1n) is 10.4. The molecule has 3 aromatic carbocycles. The Kier molecular flexibility index (Phi) is 5.71. The molecule has 7 heteroatoms. The number of allylic oxidation sites excluding steroid dienone is 1. The van der Waals surface area contributed by atoms with Crippen molar-refractivity contribution in [2.24, 2.45) is 0 Å². The summed E-state index contributed by atoms with van der Waals surface area (Å²) in [6.07, 6.45) is 3.72. The molecule has 0 saturated heterocycles. The Morgan fingerprint density at radius 3 is 2.45 bits per heavy atom. The van der Waals surface area contributed by atoms with Crippen molar-refractivity contribution in [3.05, 3.63) is 112 Å². The first kappa shape index (κ1) is 21.0. The number of benzene rings is 3. The van der Waals surface area contributed by atoms with Gasteiger partial charge in [-0.1, -0.05) is 46.3 Å². The zero-order valence-corrected chi connectivity index (χ0v) is 19.4. The predicted octanol–water partition coefficient (Wildman–Crippen LogP) is 5.96. The number of anilines is 2. The number of rotatable bonds is 5. The number of hydrogen-bond donors (Lipinski definition) is 2. The van der Waals surface area contributed by atoms with Crippen LogP contribution in [-0.4, -0.2) is 22.8 Å². The summed E-state index contributed by atoms with van der Waals surface area (Å²) in [4.78, 5) is 13.1. The van der Waals surface area contributed by atoms with E-state index in [9.17, 15) is 4.79 Å². The summed E-state index contributed by atoms with van der Waals surface area (Å²) >= 11 is 3.50. The van der Waals surface area contributed by atoms with Gasteiger partial charge in [-0.25, -0.2) is 4.68 Å². The molecule has 0 saturated carbocycles. The molecule has 0 radical (unpaired) electrons. The number of methoxy groups -OCH3 is 1. The molecule has 0 bridgehead atoms. The summed E-state index contributed by atoms with van der Waals surface area (Å²) in [6.45, 7) is 0. The van der Waals surface area contributed by atoms with Crippen molar-refractivity contribution < 1.29 is 9.53 Å². The van der Waals surface area contributed by atoms with Gasteiger partial charge in [-0.2, -0.15) is 5.10 Å². The highest BCUT2D eigenvalue weighted by atomic mass is 79.9. The number of nitrogens with one attached hydrogen (secondary N) is 2. The molecule has 5 rings (SSSR count). The van der Waals surface area contributed by atoms with Gasteiger partial charge in [-0.15, -0.1) is 0 Å². The first-order valence-corrected chi connectivity index (χ1v) is 11.2. The molecule has 0 aliphatic carbocycles. The number of hydrogen-bond acceptors (Lipinski definition) is 4. The highest BCUT2D eigenvalue weighted by molar-refractivity contribution is 9.10. The Bertz CT molecular complexity index is 1310. The summed E-state index contributed by atoms with van der Waals surface area (Å²) in [5.74, 6) is 1.21. The fraction of sp³-hybridized carbons (Fsp3) is 0.0769. The second-order valence-electron chi connectivity index (χ2n) is 7.60. The molecule has 164 valence electrons. The number of para-hydroxylation sites is 1. The van der Waals surface area contributed by atoms with Crippen molar-refractivity contribution in [2.75, 3.05) is 17.7 Å². The van der Waals surface area contributed by atoms with Crippen LogP contribution >= 0.6 is 15.9 Å². The van der Waals surface area contributed by atoms with Crippen LogP contribution in [0.2, 0.25) is 0 Å². The molecule has 2 N–H and O–H groups in total. The maximum absolute atomic E-state index is 13.1. The smallest absolute Gasteiger partial charge is 0.261 e. The van der Waals surface area contributed by atoms with Gasteiger partial charge < -0.3 is 15.4 Å². The number of aromatic nitrogens is 2. The molecular weight excluding hydrogens is 480 g/mol. The number of halogens is 1. The van der Waals surface area contributed by atoms with Crippen LogP contribution in [0.15, 0.2) is 95.6 Å². The Morgan fingerprint density at radius 1 is 1.03 bits per heavy atom. The van der Waals surface area contributed by atoms with Crippen LogP contribution < -0.4 is 15.4 Å². The zero-order chi connectivity index (χ0) is 22.8. The molecule has 33 heavy (non-hydrogen) atoms. The maximum atomic E-state index is 13.1. The SMILES string of the molecule is COc1ccc(C2=C[C@H](c3ccc(Br)cc3)n3ncc(C(=O)Nc4ccccc4)c3N2)cc1. The van der Waals surface area contributed by atoms with E-state index in [-0.39, 0.29) is 11.9 Å². The van der Waals surface area contributed by atoms with Crippen LogP contribution in [-0.2, 0) is 0 Å². The number of carbonyl (C=O) groups excluding carboxylic acids is 1. The number of ether oxygens (including phenoxy) is 1. The van der Waals surface area contributed by atoms with Crippen molar-refractivity contribution in [1.29, 1.82) is 0 Å². The third-order valence-corrected chi connectivity index (χ3v) is 6.05. The molecule has 1 amide bonds. The first-order chi connectivity index (χ1) is 16.1. The number of nitrogens with zero attached hydrogens (tertiary/aromatic N) is 2. The predicted molar refractivity (Wildman–Crippen MR) is 133 cm³/mol. The second-order valence-corrected chi connectivity index (χ2v) is 8.52. The van der Waals surface area contributed by atoms with E-state index < -0.39 is 0 Å². The summed E-state index contributed by atoms with van der Waals surface area (Å²) < 4.78 is 8.14. The maximum Gasteiger partial charge on any atom is 0.261 e. The largest absolute Gasteiger partial charge is 0.497 e. The van der Waals surface area contributed by atoms with E-state index in [0.29, 0.717) is 11.4 Å². The van der Waals surface area contributed by atoms with Gasteiger partial charge in [0.25, 0.3) is 5.91 Å². The molecule has 0 unspecified atom stereocenters. The molecular formula is C26H21BrN4O2. The van der Waals surface area contributed by atoms with E-state index in [1.165, 1.54) is 0 Å². The van der Waals surface area contributed by atoms with Crippen LogP contribution in [0.1, 0.15) is 27.5 Å². The Morgan fingerprint density at radius 2 is 1.76 bits per heavy atom. The van der Waals surface area contributed by atoms with E-state index in [1.807, 2.05) is 71.4 Å². The van der Waals surface area contributed by atoms with Gasteiger partial charge in [0.15, 0.2) is 0 Å². The molecule has 1 atom stereocenters. The Hall–Kier alpha value is -3.84. The monoisotopic (exact) mass is 500 g/mol. The van der Waals surface area contributed by atoms with E-state index in [1.54, 1.807) is 13.3 Å². The molecule has 0 spiro atoms. The summed E-state index contributed by atoms with van der Waals surface area (Å²) in [5, 5.41) is 11.0. The third kappa shape index (κ3) is 4.27. The van der Waals surface area contributed by atoms with Gasteiger partial charge in [0, 0.05) is 15.9 Å². The summed E-state index contributed by atoms with van der Waals surface area (Å²) in [5.41, 5.74) is 4.14. The van der Waals surface area contributed by atoms with Crippen LogP contribution in [0.3, 0.4) is 0 Å². The van der Waals surface area contributed by atoms with Crippen LogP contribution in [0.25, 0.3) is 5.70 Å². The van der Waals surface area contributed by atoms with Crippen molar-refractivity contribution in [3.8, 4) is 5.75 Å². The molecule has 1 aliphatic heterocycles. The van der Waals surface area contributed by atoms with Gasteiger partial charge in [-0.3, -0.25) is 4.79 Å². The van der Waals surface area contributed by atoms with E-state index in [2.05, 4.69) is 49.9 Å². The van der Waals surface area contributed by atoms with Crippen LogP contribution in [0.4, 0.5) is 11.5 Å². The third-order valence-electron chi connectivity index (χ3n) is 5.53. The molecule has 6 nitrogen and oxygen atoms in total. The quantitative estimate of drug-likeness (QED) is 0.354.